The van der Waals surface area contributed by atoms with Crippen LogP contribution < -0.4 is 10.6 Å². The molecule has 3 rings (SSSR count). The maximum absolute atomic E-state index is 5.62. The minimum absolute atomic E-state index is 0.277. The van der Waals surface area contributed by atoms with Crippen molar-refractivity contribution in [3.63, 3.8) is 0 Å². The minimum atomic E-state index is 0.277. The molecule has 1 aliphatic rings. The number of nitrogens with two attached hydrogens (primary N) is 1. The van der Waals surface area contributed by atoms with Crippen molar-refractivity contribution in [2.75, 3.05) is 17.2 Å². The number of hydrogen-bond acceptors (Lipinski definition) is 5. The van der Waals surface area contributed by atoms with Crippen LogP contribution in [0.3, 0.4) is 0 Å². The average molecular weight is 241 g/mol. The molecule has 2 heterocycles. The highest BCUT2D eigenvalue weighted by Crippen LogP contribution is 2.33. The molecule has 0 aliphatic carbocycles. The second kappa shape index (κ2) is 4.60. The van der Waals surface area contributed by atoms with Crippen molar-refractivity contribution in [1.82, 2.24) is 15.0 Å². The zero-order valence-corrected chi connectivity index (χ0v) is 10.0. The van der Waals surface area contributed by atoms with Crippen LogP contribution in [0.1, 0.15) is 24.4 Å². The Kier molecular flexibility index (Phi) is 2.80. The molecule has 5 nitrogen and oxygen atoms in total. The molecule has 1 aromatic carbocycles. The standard InChI is InChI=1S/C13H15N5/c14-12-15-9-16-13(17-12)18-8-4-7-11(18)10-5-2-1-3-6-10/h1-3,5-6,9,11H,4,7-8H2,(H2,14,15,16,17). The molecule has 2 aromatic rings. The quantitative estimate of drug-likeness (QED) is 0.868. The molecule has 0 amide bonds. The summed E-state index contributed by atoms with van der Waals surface area (Å²) in [6, 6.07) is 10.8. The molecule has 18 heavy (non-hydrogen) atoms. The van der Waals surface area contributed by atoms with Gasteiger partial charge in [-0.15, -0.1) is 0 Å². The first-order chi connectivity index (χ1) is 8.84. The Morgan fingerprint density at radius 1 is 1.17 bits per heavy atom. The van der Waals surface area contributed by atoms with Crippen molar-refractivity contribution in [3.05, 3.63) is 42.2 Å². The zero-order valence-electron chi connectivity index (χ0n) is 10.0. The first-order valence-corrected chi connectivity index (χ1v) is 6.11. The number of anilines is 2. The van der Waals surface area contributed by atoms with Crippen LogP contribution in [0.5, 0.6) is 0 Å². The molecular weight excluding hydrogens is 226 g/mol. The molecule has 0 radical (unpaired) electrons. The first kappa shape index (κ1) is 11.0. The molecule has 0 spiro atoms. The van der Waals surface area contributed by atoms with Gasteiger partial charge in [0.15, 0.2) is 0 Å². The van der Waals surface area contributed by atoms with Crippen molar-refractivity contribution in [1.29, 1.82) is 0 Å². The predicted octanol–water partition coefficient (Wildman–Crippen LogP) is 1.80. The second-order valence-electron chi connectivity index (χ2n) is 4.41. The summed E-state index contributed by atoms with van der Waals surface area (Å²) >= 11 is 0. The smallest absolute Gasteiger partial charge is 0.230 e. The van der Waals surface area contributed by atoms with E-state index >= 15 is 0 Å². The van der Waals surface area contributed by atoms with Crippen LogP contribution in [0.15, 0.2) is 36.7 Å². The van der Waals surface area contributed by atoms with Gasteiger partial charge >= 0.3 is 0 Å². The number of aromatic nitrogens is 3. The Morgan fingerprint density at radius 2 is 2.00 bits per heavy atom. The maximum atomic E-state index is 5.62. The van der Waals surface area contributed by atoms with E-state index in [0.29, 0.717) is 12.0 Å². The Labute approximate surface area is 106 Å². The molecule has 1 fully saturated rings. The maximum Gasteiger partial charge on any atom is 0.230 e. The fourth-order valence-electron chi connectivity index (χ4n) is 2.47. The van der Waals surface area contributed by atoms with Crippen molar-refractivity contribution < 1.29 is 0 Å². The molecule has 92 valence electrons. The lowest BCUT2D eigenvalue weighted by molar-refractivity contribution is 0.700. The normalized spacial score (nSPS) is 19.1. The van der Waals surface area contributed by atoms with Crippen molar-refractivity contribution in [2.45, 2.75) is 18.9 Å². The highest BCUT2D eigenvalue weighted by molar-refractivity contribution is 5.39. The molecule has 1 aliphatic heterocycles. The van der Waals surface area contributed by atoms with Gasteiger partial charge in [-0.1, -0.05) is 30.3 Å². The van der Waals surface area contributed by atoms with Gasteiger partial charge in [0.2, 0.25) is 11.9 Å². The van der Waals surface area contributed by atoms with Crippen LogP contribution in [0.2, 0.25) is 0 Å². The molecular formula is C13H15N5. The molecule has 1 unspecified atom stereocenters. The number of benzene rings is 1. The summed E-state index contributed by atoms with van der Waals surface area (Å²) in [5, 5.41) is 0. The van der Waals surface area contributed by atoms with Crippen LogP contribution in [0.25, 0.3) is 0 Å². The van der Waals surface area contributed by atoms with Crippen LogP contribution in [0, 0.1) is 0 Å². The largest absolute Gasteiger partial charge is 0.368 e. The average Bonchev–Trinajstić information content (AvgIpc) is 2.89. The highest BCUT2D eigenvalue weighted by atomic mass is 15.3. The lowest BCUT2D eigenvalue weighted by atomic mass is 10.1. The van der Waals surface area contributed by atoms with E-state index in [9.17, 15) is 0 Å². The molecule has 1 saturated heterocycles. The fourth-order valence-corrected chi connectivity index (χ4v) is 2.47. The second-order valence-corrected chi connectivity index (χ2v) is 4.41. The summed E-state index contributed by atoms with van der Waals surface area (Å²) in [6.45, 7) is 0.961. The third kappa shape index (κ3) is 1.99. The SMILES string of the molecule is Nc1ncnc(N2CCCC2c2ccccc2)n1. The number of hydrogen-bond donors (Lipinski definition) is 1. The molecule has 5 heteroatoms. The van der Waals surface area contributed by atoms with Crippen LogP contribution in [0.4, 0.5) is 11.9 Å². The number of nitrogens with zero attached hydrogens (tertiary/aromatic N) is 4. The van der Waals surface area contributed by atoms with Crippen molar-refractivity contribution >= 4 is 11.9 Å². The Morgan fingerprint density at radius 3 is 2.78 bits per heavy atom. The van der Waals surface area contributed by atoms with Gasteiger partial charge in [0.05, 0.1) is 6.04 Å². The third-order valence-electron chi connectivity index (χ3n) is 3.27. The Balaban J connectivity index is 1.92. The van der Waals surface area contributed by atoms with E-state index in [-0.39, 0.29) is 5.95 Å². The summed E-state index contributed by atoms with van der Waals surface area (Å²) in [5.74, 6) is 0.951. The fraction of sp³-hybridized carbons (Fsp3) is 0.308. The molecule has 0 saturated carbocycles. The molecule has 0 bridgehead atoms. The van der Waals surface area contributed by atoms with Gasteiger partial charge in [-0.2, -0.15) is 4.98 Å². The van der Waals surface area contributed by atoms with Crippen LogP contribution in [-0.2, 0) is 0 Å². The summed E-state index contributed by atoms with van der Waals surface area (Å²) in [4.78, 5) is 14.5. The van der Waals surface area contributed by atoms with E-state index in [0.717, 1.165) is 19.4 Å². The van der Waals surface area contributed by atoms with Gasteiger partial charge in [-0.25, -0.2) is 9.97 Å². The molecule has 1 aromatic heterocycles. The van der Waals surface area contributed by atoms with Crippen LogP contribution >= 0.6 is 0 Å². The lowest BCUT2D eigenvalue weighted by Crippen LogP contribution is -2.25. The predicted molar refractivity (Wildman–Crippen MR) is 70.0 cm³/mol. The van der Waals surface area contributed by atoms with Gasteiger partial charge in [0, 0.05) is 6.54 Å². The molecule has 1 atom stereocenters. The molecule has 2 N–H and O–H groups in total. The zero-order chi connectivity index (χ0) is 12.4. The van der Waals surface area contributed by atoms with Gasteiger partial charge < -0.3 is 10.6 Å². The summed E-state index contributed by atoms with van der Waals surface area (Å²) < 4.78 is 0. The summed E-state index contributed by atoms with van der Waals surface area (Å²) in [7, 11) is 0. The van der Waals surface area contributed by atoms with Gasteiger partial charge in [0.1, 0.15) is 6.33 Å². The first-order valence-electron chi connectivity index (χ1n) is 6.11. The van der Waals surface area contributed by atoms with Gasteiger partial charge in [-0.05, 0) is 18.4 Å². The highest BCUT2D eigenvalue weighted by Gasteiger charge is 2.27. The number of nitrogen functional groups attached to an aromatic ring is 1. The van der Waals surface area contributed by atoms with Crippen LogP contribution in [-0.4, -0.2) is 21.5 Å². The van der Waals surface area contributed by atoms with Crippen molar-refractivity contribution in [2.24, 2.45) is 0 Å². The van der Waals surface area contributed by atoms with E-state index in [2.05, 4.69) is 44.1 Å². The van der Waals surface area contributed by atoms with Crippen molar-refractivity contribution in [3.8, 4) is 0 Å². The van der Waals surface area contributed by atoms with E-state index in [4.69, 9.17) is 5.73 Å². The minimum Gasteiger partial charge on any atom is -0.368 e. The van der Waals surface area contributed by atoms with E-state index < -0.39 is 0 Å². The topological polar surface area (TPSA) is 67.9 Å². The van der Waals surface area contributed by atoms with E-state index in [1.165, 1.54) is 11.9 Å². The van der Waals surface area contributed by atoms with E-state index in [1.54, 1.807) is 0 Å². The Bertz CT molecular complexity index is 528. The summed E-state index contributed by atoms with van der Waals surface area (Å²) in [6.07, 6.45) is 3.73. The van der Waals surface area contributed by atoms with E-state index in [1.807, 2.05) is 6.07 Å². The number of rotatable bonds is 2. The lowest BCUT2D eigenvalue weighted by Gasteiger charge is -2.24. The monoisotopic (exact) mass is 241 g/mol. The van der Waals surface area contributed by atoms with Gasteiger partial charge in [0.25, 0.3) is 0 Å². The third-order valence-corrected chi connectivity index (χ3v) is 3.27. The Hall–Kier alpha value is -2.17. The summed E-state index contributed by atoms with van der Waals surface area (Å²) in [5.41, 5.74) is 6.92. The van der Waals surface area contributed by atoms with Gasteiger partial charge in [-0.3, -0.25) is 0 Å².